The Labute approximate surface area is 198 Å². The number of aromatic nitrogens is 5. The van der Waals surface area contributed by atoms with Gasteiger partial charge < -0.3 is 9.72 Å². The molecule has 4 aromatic rings. The van der Waals surface area contributed by atoms with Crippen LogP contribution in [0.1, 0.15) is 40.9 Å². The van der Waals surface area contributed by atoms with E-state index in [-0.39, 0.29) is 11.7 Å². The first kappa shape index (κ1) is 22.4. The van der Waals surface area contributed by atoms with Gasteiger partial charge in [0.25, 0.3) is 5.56 Å². The number of pyridine rings is 1. The van der Waals surface area contributed by atoms with Gasteiger partial charge >= 0.3 is 0 Å². The molecule has 176 valence electrons. The number of fused-ring (bicyclic) bond motifs is 1. The van der Waals surface area contributed by atoms with Crippen LogP contribution in [0, 0.1) is 13.8 Å². The van der Waals surface area contributed by atoms with Crippen LogP contribution in [-0.4, -0.2) is 49.3 Å². The zero-order valence-electron chi connectivity index (χ0n) is 19.7. The van der Waals surface area contributed by atoms with Crippen molar-refractivity contribution in [2.75, 3.05) is 13.2 Å². The number of tetrazole rings is 1. The number of hydrogen-bond donors (Lipinski definition) is 1. The van der Waals surface area contributed by atoms with Gasteiger partial charge in [0, 0.05) is 30.8 Å². The summed E-state index contributed by atoms with van der Waals surface area (Å²) in [7, 11) is 0. The lowest BCUT2D eigenvalue weighted by Crippen LogP contribution is -2.34. The maximum atomic E-state index is 13.0. The fraction of sp³-hybridized carbons (Fsp3) is 0.385. The summed E-state index contributed by atoms with van der Waals surface area (Å²) in [6.07, 6.45) is 2.25. The Kier molecular flexibility index (Phi) is 6.51. The number of benzene rings is 2. The molecule has 0 aliphatic carbocycles. The monoisotopic (exact) mass is 458 g/mol. The minimum Gasteiger partial charge on any atom is -0.377 e. The van der Waals surface area contributed by atoms with Crippen LogP contribution >= 0.6 is 0 Å². The van der Waals surface area contributed by atoms with Crippen LogP contribution in [0.4, 0.5) is 0 Å². The molecule has 3 heterocycles. The van der Waals surface area contributed by atoms with Crippen LogP contribution in [0.3, 0.4) is 0 Å². The van der Waals surface area contributed by atoms with Gasteiger partial charge in [-0.2, -0.15) is 0 Å². The third-order valence-electron chi connectivity index (χ3n) is 6.56. The van der Waals surface area contributed by atoms with E-state index in [1.807, 2.05) is 35.0 Å². The van der Waals surface area contributed by atoms with Crippen molar-refractivity contribution in [1.29, 1.82) is 0 Å². The van der Waals surface area contributed by atoms with Crippen LogP contribution < -0.4 is 5.56 Å². The van der Waals surface area contributed by atoms with Crippen molar-refractivity contribution >= 4 is 10.9 Å². The average molecular weight is 459 g/mol. The molecule has 8 heteroatoms. The Morgan fingerprint density at radius 3 is 2.74 bits per heavy atom. The third kappa shape index (κ3) is 5.08. The second kappa shape index (κ2) is 9.87. The molecule has 5 rings (SSSR count). The first-order chi connectivity index (χ1) is 16.5. The summed E-state index contributed by atoms with van der Waals surface area (Å²) in [6.45, 7) is 7.30. The van der Waals surface area contributed by atoms with Crippen molar-refractivity contribution in [3.8, 4) is 0 Å². The Bertz CT molecular complexity index is 1320. The molecule has 0 amide bonds. The third-order valence-corrected chi connectivity index (χ3v) is 6.56. The fourth-order valence-corrected chi connectivity index (χ4v) is 4.56. The van der Waals surface area contributed by atoms with Gasteiger partial charge in [0.05, 0.1) is 19.2 Å². The number of rotatable bonds is 8. The van der Waals surface area contributed by atoms with Gasteiger partial charge in [0.1, 0.15) is 0 Å². The van der Waals surface area contributed by atoms with E-state index >= 15 is 0 Å². The van der Waals surface area contributed by atoms with Crippen LogP contribution in [-0.2, 0) is 24.4 Å². The number of aromatic amines is 1. The summed E-state index contributed by atoms with van der Waals surface area (Å²) in [6, 6.07) is 16.3. The summed E-state index contributed by atoms with van der Waals surface area (Å²) >= 11 is 0. The van der Waals surface area contributed by atoms with Gasteiger partial charge in [-0.25, -0.2) is 4.68 Å². The lowest BCUT2D eigenvalue weighted by atomic mass is 10.0. The molecule has 1 fully saturated rings. The van der Waals surface area contributed by atoms with Gasteiger partial charge in [-0.3, -0.25) is 9.69 Å². The molecule has 8 nitrogen and oxygen atoms in total. The standard InChI is InChI=1S/C26H30N6O2/c1-18-11-21-13-22(26(33)27-24(21)12-19(18)2)15-31(16-23-9-6-10-34-23)17-25-28-29-30-32(25)14-20-7-4-3-5-8-20/h3-5,7-8,11-13,23H,6,9-10,14-17H2,1-2H3,(H,27,33). The summed E-state index contributed by atoms with van der Waals surface area (Å²) in [5.74, 6) is 0.769. The minimum atomic E-state index is -0.0584. The topological polar surface area (TPSA) is 88.9 Å². The van der Waals surface area contributed by atoms with E-state index in [1.54, 1.807) is 0 Å². The highest BCUT2D eigenvalue weighted by molar-refractivity contribution is 5.80. The van der Waals surface area contributed by atoms with Gasteiger partial charge in [-0.15, -0.1) is 5.10 Å². The summed E-state index contributed by atoms with van der Waals surface area (Å²) in [4.78, 5) is 18.2. The van der Waals surface area contributed by atoms with Crippen molar-refractivity contribution < 1.29 is 4.74 Å². The van der Waals surface area contributed by atoms with Gasteiger partial charge in [-0.05, 0) is 77.4 Å². The van der Waals surface area contributed by atoms with Gasteiger partial charge in [0.15, 0.2) is 5.82 Å². The highest BCUT2D eigenvalue weighted by Crippen LogP contribution is 2.20. The first-order valence-corrected chi connectivity index (χ1v) is 11.8. The van der Waals surface area contributed by atoms with Gasteiger partial charge in [-0.1, -0.05) is 30.3 Å². The molecule has 0 bridgehead atoms. The van der Waals surface area contributed by atoms with Crippen LogP contribution in [0.25, 0.3) is 10.9 Å². The molecule has 2 aromatic carbocycles. The highest BCUT2D eigenvalue weighted by atomic mass is 16.5. The molecule has 0 spiro atoms. The summed E-state index contributed by atoms with van der Waals surface area (Å²) in [5.41, 5.74) is 5.06. The SMILES string of the molecule is Cc1cc2cc(CN(Cc3nnnn3Cc3ccccc3)CC3CCCO3)c(=O)[nH]c2cc1C. The minimum absolute atomic E-state index is 0.0584. The molecular weight excluding hydrogens is 428 g/mol. The number of nitrogens with one attached hydrogen (secondary N) is 1. The largest absolute Gasteiger partial charge is 0.377 e. The van der Waals surface area contributed by atoms with E-state index in [0.29, 0.717) is 19.6 Å². The molecule has 1 aliphatic heterocycles. The Hall–Kier alpha value is -3.36. The summed E-state index contributed by atoms with van der Waals surface area (Å²) in [5, 5.41) is 13.5. The molecule has 2 aromatic heterocycles. The lowest BCUT2D eigenvalue weighted by Gasteiger charge is -2.24. The molecule has 1 saturated heterocycles. The average Bonchev–Trinajstić information content (AvgIpc) is 3.49. The fourth-order valence-electron chi connectivity index (χ4n) is 4.56. The molecule has 0 radical (unpaired) electrons. The zero-order valence-corrected chi connectivity index (χ0v) is 19.7. The van der Waals surface area contributed by atoms with Crippen molar-refractivity contribution in [3.05, 3.63) is 87.0 Å². The maximum Gasteiger partial charge on any atom is 0.252 e. The molecule has 1 atom stereocenters. The van der Waals surface area contributed by atoms with Crippen LogP contribution in [0.5, 0.6) is 0 Å². The van der Waals surface area contributed by atoms with Crippen molar-refractivity contribution in [1.82, 2.24) is 30.1 Å². The van der Waals surface area contributed by atoms with Crippen molar-refractivity contribution in [2.45, 2.75) is 52.4 Å². The quantitative estimate of drug-likeness (QED) is 0.436. The number of aryl methyl sites for hydroxylation is 2. The number of nitrogens with zero attached hydrogens (tertiary/aromatic N) is 5. The van der Waals surface area contributed by atoms with Crippen LogP contribution in [0.15, 0.2) is 53.3 Å². The Morgan fingerprint density at radius 2 is 1.94 bits per heavy atom. The zero-order chi connectivity index (χ0) is 23.5. The van der Waals surface area contributed by atoms with E-state index < -0.39 is 0 Å². The normalized spacial score (nSPS) is 16.0. The summed E-state index contributed by atoms with van der Waals surface area (Å²) < 4.78 is 7.74. The smallest absolute Gasteiger partial charge is 0.252 e. The first-order valence-electron chi connectivity index (χ1n) is 11.8. The molecular formula is C26H30N6O2. The number of H-pyrrole nitrogens is 1. The lowest BCUT2D eigenvalue weighted by molar-refractivity contribution is 0.0663. The Morgan fingerprint density at radius 1 is 1.12 bits per heavy atom. The molecule has 1 N–H and O–H groups in total. The van der Waals surface area contributed by atoms with Gasteiger partial charge in [0.2, 0.25) is 0 Å². The number of ether oxygens (including phenoxy) is 1. The van der Waals surface area contributed by atoms with E-state index in [9.17, 15) is 4.79 Å². The van der Waals surface area contributed by atoms with E-state index in [4.69, 9.17) is 4.74 Å². The second-order valence-electron chi connectivity index (χ2n) is 9.19. The second-order valence-corrected chi connectivity index (χ2v) is 9.19. The highest BCUT2D eigenvalue weighted by Gasteiger charge is 2.22. The predicted molar refractivity (Wildman–Crippen MR) is 130 cm³/mol. The van der Waals surface area contributed by atoms with E-state index in [1.165, 1.54) is 11.1 Å². The van der Waals surface area contributed by atoms with Crippen LogP contribution in [0.2, 0.25) is 0 Å². The maximum absolute atomic E-state index is 13.0. The molecule has 34 heavy (non-hydrogen) atoms. The number of hydrogen-bond acceptors (Lipinski definition) is 6. The predicted octanol–water partition coefficient (Wildman–Crippen LogP) is 3.36. The van der Waals surface area contributed by atoms with Crippen molar-refractivity contribution in [3.63, 3.8) is 0 Å². The Balaban J connectivity index is 1.41. The molecule has 1 unspecified atom stereocenters. The molecule has 0 saturated carbocycles. The molecule has 1 aliphatic rings. The van der Waals surface area contributed by atoms with Crippen molar-refractivity contribution in [2.24, 2.45) is 0 Å². The van der Waals surface area contributed by atoms with E-state index in [0.717, 1.165) is 53.8 Å². The van der Waals surface area contributed by atoms with E-state index in [2.05, 4.69) is 57.5 Å².